The number of nitrogens with two attached hydrogens (primary N) is 1. The van der Waals surface area contributed by atoms with Crippen LogP contribution < -0.4 is 10.5 Å². The van der Waals surface area contributed by atoms with Crippen molar-refractivity contribution in [2.24, 2.45) is 5.73 Å². The average molecular weight is 393 g/mol. The highest BCUT2D eigenvalue weighted by Gasteiger charge is 2.13. The van der Waals surface area contributed by atoms with Gasteiger partial charge in [-0.25, -0.2) is 8.60 Å². The Kier molecular flexibility index (Phi) is 5.82. The van der Waals surface area contributed by atoms with E-state index in [0.717, 1.165) is 0 Å². The molecule has 140 valence electrons. The monoisotopic (exact) mass is 393 g/mol. The molecule has 7 heteroatoms. The molecule has 2 aromatic carbocycles. The van der Waals surface area contributed by atoms with Gasteiger partial charge in [0.05, 0.1) is 16.1 Å². The van der Waals surface area contributed by atoms with Crippen LogP contribution in [0.15, 0.2) is 65.8 Å². The van der Waals surface area contributed by atoms with Gasteiger partial charge in [0, 0.05) is 23.5 Å². The molecule has 1 amide bonds. The molecule has 0 spiro atoms. The summed E-state index contributed by atoms with van der Waals surface area (Å²) in [5.41, 5.74) is 7.13. The van der Waals surface area contributed by atoms with Crippen LogP contribution in [0.25, 0.3) is 0 Å². The molecule has 0 radical (unpaired) electrons. The standard InChI is InChI=1S/C21H16FN3O2S/c1-14-4-11-19(25-28(27)17-3-2-12-24-13-17)20(22)18(14)10-7-15-5-8-16(9-6-15)21(23)26/h2-6,8-9,11-13,25H,1H3,(H2,23,26). The van der Waals surface area contributed by atoms with Crippen LogP contribution >= 0.6 is 0 Å². The van der Waals surface area contributed by atoms with E-state index >= 15 is 0 Å². The van der Waals surface area contributed by atoms with Crippen LogP contribution in [0.3, 0.4) is 0 Å². The quantitative estimate of drug-likeness (QED) is 0.668. The van der Waals surface area contributed by atoms with Crippen LogP contribution in [-0.2, 0) is 11.0 Å². The van der Waals surface area contributed by atoms with Gasteiger partial charge in [-0.1, -0.05) is 17.9 Å². The molecule has 1 heterocycles. The van der Waals surface area contributed by atoms with Crippen molar-refractivity contribution in [1.82, 2.24) is 4.98 Å². The summed E-state index contributed by atoms with van der Waals surface area (Å²) in [6, 6.07) is 12.9. The van der Waals surface area contributed by atoms with E-state index in [-0.39, 0.29) is 11.3 Å². The third-order valence-corrected chi connectivity index (χ3v) is 4.98. The summed E-state index contributed by atoms with van der Waals surface area (Å²) in [5, 5.41) is 0. The van der Waals surface area contributed by atoms with Crippen molar-refractivity contribution in [2.45, 2.75) is 11.8 Å². The molecule has 0 aliphatic carbocycles. The van der Waals surface area contributed by atoms with Gasteiger partial charge in [0.1, 0.15) is 0 Å². The predicted octanol–water partition coefficient (Wildman–Crippen LogP) is 3.16. The van der Waals surface area contributed by atoms with E-state index in [2.05, 4.69) is 21.5 Å². The summed E-state index contributed by atoms with van der Waals surface area (Å²) >= 11 is 0. The fourth-order valence-electron chi connectivity index (χ4n) is 2.37. The Labute approximate surface area is 164 Å². The van der Waals surface area contributed by atoms with Crippen LogP contribution in [0.4, 0.5) is 10.1 Å². The van der Waals surface area contributed by atoms with E-state index in [4.69, 9.17) is 5.73 Å². The minimum absolute atomic E-state index is 0.0844. The maximum Gasteiger partial charge on any atom is 0.248 e. The molecule has 1 unspecified atom stereocenters. The highest BCUT2D eigenvalue weighted by molar-refractivity contribution is 7.86. The minimum Gasteiger partial charge on any atom is -0.366 e. The van der Waals surface area contributed by atoms with E-state index in [1.54, 1.807) is 55.6 Å². The number of aromatic nitrogens is 1. The maximum absolute atomic E-state index is 14.9. The summed E-state index contributed by atoms with van der Waals surface area (Å²) in [6.45, 7) is 1.74. The van der Waals surface area contributed by atoms with Gasteiger partial charge >= 0.3 is 0 Å². The highest BCUT2D eigenvalue weighted by atomic mass is 32.2. The number of pyridine rings is 1. The maximum atomic E-state index is 14.9. The molecule has 0 saturated carbocycles. The predicted molar refractivity (Wildman–Crippen MR) is 106 cm³/mol. The van der Waals surface area contributed by atoms with E-state index < -0.39 is 22.7 Å². The van der Waals surface area contributed by atoms with E-state index in [1.807, 2.05) is 0 Å². The fourth-order valence-corrected chi connectivity index (χ4v) is 3.21. The van der Waals surface area contributed by atoms with Crippen molar-refractivity contribution >= 4 is 22.6 Å². The van der Waals surface area contributed by atoms with Gasteiger partial charge in [0.2, 0.25) is 5.91 Å². The van der Waals surface area contributed by atoms with Crippen molar-refractivity contribution < 1.29 is 13.4 Å². The van der Waals surface area contributed by atoms with Gasteiger partial charge in [-0.3, -0.25) is 14.5 Å². The number of carbonyl (C=O) groups excluding carboxylic acids is 1. The number of hydrogen-bond donors (Lipinski definition) is 2. The zero-order chi connectivity index (χ0) is 20.1. The highest BCUT2D eigenvalue weighted by Crippen LogP contribution is 2.22. The molecular weight excluding hydrogens is 377 g/mol. The third kappa shape index (κ3) is 4.42. The summed E-state index contributed by atoms with van der Waals surface area (Å²) < 4.78 is 29.9. The second-order valence-corrected chi connectivity index (χ2v) is 7.08. The van der Waals surface area contributed by atoms with Gasteiger partial charge < -0.3 is 5.73 Å². The summed E-state index contributed by atoms with van der Waals surface area (Å²) in [7, 11) is -1.65. The Hall–Kier alpha value is -3.50. The Balaban J connectivity index is 1.87. The van der Waals surface area contributed by atoms with Crippen molar-refractivity contribution in [1.29, 1.82) is 0 Å². The first kappa shape index (κ1) is 19.3. The number of amides is 1. The molecule has 28 heavy (non-hydrogen) atoms. The second kappa shape index (κ2) is 8.46. The largest absolute Gasteiger partial charge is 0.366 e. The van der Waals surface area contributed by atoms with E-state index in [1.165, 1.54) is 12.3 Å². The lowest BCUT2D eigenvalue weighted by atomic mass is 10.1. The molecular formula is C21H16FN3O2S. The molecule has 1 atom stereocenters. The molecule has 0 fully saturated rings. The number of hydrogen-bond acceptors (Lipinski definition) is 3. The minimum atomic E-state index is -1.65. The average Bonchev–Trinajstić information content (AvgIpc) is 2.71. The normalized spacial score (nSPS) is 11.2. The topological polar surface area (TPSA) is 85.1 Å². The number of carbonyl (C=O) groups is 1. The van der Waals surface area contributed by atoms with Gasteiger partial charge in [-0.2, -0.15) is 0 Å². The van der Waals surface area contributed by atoms with Crippen molar-refractivity contribution in [3.8, 4) is 11.8 Å². The number of aryl methyl sites for hydroxylation is 1. The lowest BCUT2D eigenvalue weighted by Crippen LogP contribution is -2.10. The SMILES string of the molecule is Cc1ccc(NS(=O)c2cccnc2)c(F)c1C#Cc1ccc(C(N)=O)cc1. The van der Waals surface area contributed by atoms with Crippen LogP contribution in [0.1, 0.15) is 27.0 Å². The van der Waals surface area contributed by atoms with Gasteiger partial charge in [-0.05, 0) is 55.0 Å². The van der Waals surface area contributed by atoms with E-state index in [0.29, 0.717) is 21.6 Å². The van der Waals surface area contributed by atoms with Gasteiger partial charge in [0.15, 0.2) is 16.8 Å². The van der Waals surface area contributed by atoms with Crippen LogP contribution in [0.5, 0.6) is 0 Å². The Bertz CT molecular complexity index is 1100. The number of anilines is 1. The number of nitrogens with zero attached hydrogens (tertiary/aromatic N) is 1. The fraction of sp³-hybridized carbons (Fsp3) is 0.0476. The van der Waals surface area contributed by atoms with Gasteiger partial charge in [-0.15, -0.1) is 0 Å². The molecule has 0 saturated heterocycles. The lowest BCUT2D eigenvalue weighted by Gasteiger charge is -2.09. The summed E-state index contributed by atoms with van der Waals surface area (Å²) in [6.07, 6.45) is 3.02. The van der Waals surface area contributed by atoms with Crippen molar-refractivity contribution in [3.63, 3.8) is 0 Å². The van der Waals surface area contributed by atoms with Crippen LogP contribution in [0, 0.1) is 24.6 Å². The third-order valence-electron chi connectivity index (χ3n) is 3.90. The summed E-state index contributed by atoms with van der Waals surface area (Å²) in [5.74, 6) is 4.56. The Morgan fingerprint density at radius 1 is 1.14 bits per heavy atom. The van der Waals surface area contributed by atoms with Crippen LogP contribution in [0.2, 0.25) is 0 Å². The Morgan fingerprint density at radius 3 is 2.54 bits per heavy atom. The molecule has 3 rings (SSSR count). The molecule has 1 aromatic heterocycles. The molecule has 0 bridgehead atoms. The lowest BCUT2D eigenvalue weighted by molar-refractivity contribution is 0.100. The second-order valence-electron chi connectivity index (χ2n) is 5.87. The molecule has 5 nitrogen and oxygen atoms in total. The zero-order valence-electron chi connectivity index (χ0n) is 14.9. The summed E-state index contributed by atoms with van der Waals surface area (Å²) in [4.78, 5) is 15.4. The number of benzene rings is 2. The number of primary amides is 1. The van der Waals surface area contributed by atoms with Crippen molar-refractivity contribution in [2.75, 3.05) is 4.72 Å². The van der Waals surface area contributed by atoms with E-state index in [9.17, 15) is 13.4 Å². The first-order valence-corrected chi connectivity index (χ1v) is 9.40. The first-order valence-electron chi connectivity index (χ1n) is 8.25. The van der Waals surface area contributed by atoms with Crippen molar-refractivity contribution in [3.05, 3.63) is 89.0 Å². The smallest absolute Gasteiger partial charge is 0.248 e. The molecule has 3 N–H and O–H groups in total. The first-order chi connectivity index (χ1) is 13.5. The molecule has 3 aromatic rings. The molecule has 0 aliphatic heterocycles. The van der Waals surface area contributed by atoms with Crippen LogP contribution in [-0.4, -0.2) is 15.1 Å². The Morgan fingerprint density at radius 2 is 1.89 bits per heavy atom. The number of halogens is 1. The molecule has 0 aliphatic rings. The zero-order valence-corrected chi connectivity index (χ0v) is 15.7. The number of rotatable bonds is 4. The number of nitrogens with one attached hydrogen (secondary N) is 1. The van der Waals surface area contributed by atoms with Gasteiger partial charge in [0.25, 0.3) is 0 Å².